The molecule has 0 radical (unpaired) electrons. The molecule has 26 heavy (non-hydrogen) atoms. The highest BCUT2D eigenvalue weighted by Gasteiger charge is 2.16. The Morgan fingerprint density at radius 3 is 2.65 bits per heavy atom. The van der Waals surface area contributed by atoms with Gasteiger partial charge in [-0.15, -0.1) is 10.2 Å². The van der Waals surface area contributed by atoms with E-state index in [1.807, 2.05) is 25.1 Å². The van der Waals surface area contributed by atoms with Gasteiger partial charge in [0.2, 0.25) is 11.8 Å². The zero-order valence-corrected chi connectivity index (χ0v) is 15.6. The topological polar surface area (TPSA) is 74.5 Å². The molecule has 2 heterocycles. The number of hydrogen-bond donors (Lipinski definition) is 1. The van der Waals surface area contributed by atoms with Crippen LogP contribution < -0.4 is 5.32 Å². The average molecular weight is 357 g/mol. The lowest BCUT2D eigenvalue weighted by molar-refractivity contribution is 0.214. The van der Waals surface area contributed by atoms with Crippen molar-refractivity contribution in [1.29, 1.82) is 0 Å². The molecule has 0 spiro atoms. The standard InChI is InChI=1S/C19H27N5O2/c1-3-17-21-22-18(26-17)14-23(2)19(25)20-16-10-6-5-9-15(16)13-24-11-7-4-8-12-24/h5-6,9-10H,3-4,7-8,11-14H2,1-2H3,(H,20,25). The SMILES string of the molecule is CCc1nnc(CN(C)C(=O)Nc2ccccc2CN2CCCCC2)o1. The minimum Gasteiger partial charge on any atom is -0.423 e. The second-order valence-corrected chi connectivity index (χ2v) is 6.72. The summed E-state index contributed by atoms with van der Waals surface area (Å²) < 4.78 is 5.48. The van der Waals surface area contributed by atoms with Crippen molar-refractivity contribution in [2.24, 2.45) is 0 Å². The lowest BCUT2D eigenvalue weighted by atomic mass is 10.1. The maximum absolute atomic E-state index is 12.5. The van der Waals surface area contributed by atoms with Crippen LogP contribution in [0.15, 0.2) is 28.7 Å². The summed E-state index contributed by atoms with van der Waals surface area (Å²) in [6.45, 7) is 5.35. The first-order chi connectivity index (χ1) is 12.7. The van der Waals surface area contributed by atoms with Crippen LogP contribution in [0.1, 0.15) is 43.5 Å². The number of para-hydroxylation sites is 1. The van der Waals surface area contributed by atoms with E-state index in [-0.39, 0.29) is 12.6 Å². The lowest BCUT2D eigenvalue weighted by Crippen LogP contribution is -2.32. The molecule has 1 aromatic heterocycles. The summed E-state index contributed by atoms with van der Waals surface area (Å²) in [5, 5.41) is 10.9. The first kappa shape index (κ1) is 18.4. The van der Waals surface area contributed by atoms with Gasteiger partial charge in [-0.1, -0.05) is 31.5 Å². The highest BCUT2D eigenvalue weighted by atomic mass is 16.4. The van der Waals surface area contributed by atoms with Gasteiger partial charge in [0.25, 0.3) is 0 Å². The van der Waals surface area contributed by atoms with Crippen LogP contribution in [0.2, 0.25) is 0 Å². The number of hydrogen-bond acceptors (Lipinski definition) is 5. The molecule has 7 heteroatoms. The third kappa shape index (κ3) is 4.82. The zero-order valence-electron chi connectivity index (χ0n) is 15.6. The van der Waals surface area contributed by atoms with Crippen LogP contribution in [0.5, 0.6) is 0 Å². The van der Waals surface area contributed by atoms with Gasteiger partial charge in [-0.2, -0.15) is 0 Å². The Balaban J connectivity index is 1.61. The van der Waals surface area contributed by atoms with Crippen molar-refractivity contribution in [2.75, 3.05) is 25.5 Å². The van der Waals surface area contributed by atoms with Crippen molar-refractivity contribution >= 4 is 11.7 Å². The largest absolute Gasteiger partial charge is 0.423 e. The summed E-state index contributed by atoms with van der Waals surface area (Å²) in [7, 11) is 1.72. The molecule has 1 N–H and O–H groups in total. The van der Waals surface area contributed by atoms with Gasteiger partial charge in [-0.05, 0) is 37.6 Å². The number of carbonyl (C=O) groups is 1. The van der Waals surface area contributed by atoms with Crippen LogP contribution in [0.4, 0.5) is 10.5 Å². The fourth-order valence-corrected chi connectivity index (χ4v) is 3.12. The number of aryl methyl sites for hydroxylation is 1. The van der Waals surface area contributed by atoms with Gasteiger partial charge in [-0.3, -0.25) is 4.90 Å². The number of anilines is 1. The smallest absolute Gasteiger partial charge is 0.322 e. The van der Waals surface area contributed by atoms with Crippen LogP contribution in [-0.4, -0.2) is 46.2 Å². The highest BCUT2D eigenvalue weighted by Crippen LogP contribution is 2.20. The number of likely N-dealkylation sites (tertiary alicyclic amines) is 1. The molecular formula is C19H27N5O2. The average Bonchev–Trinajstić information content (AvgIpc) is 3.11. The monoisotopic (exact) mass is 357 g/mol. The first-order valence-corrected chi connectivity index (χ1v) is 9.29. The zero-order chi connectivity index (χ0) is 18.4. The van der Waals surface area contributed by atoms with E-state index in [2.05, 4.69) is 26.5 Å². The van der Waals surface area contributed by atoms with E-state index in [4.69, 9.17) is 4.42 Å². The van der Waals surface area contributed by atoms with Gasteiger partial charge in [0, 0.05) is 25.7 Å². The van der Waals surface area contributed by atoms with Crippen LogP contribution in [0.25, 0.3) is 0 Å². The molecule has 1 aliphatic heterocycles. The summed E-state index contributed by atoms with van der Waals surface area (Å²) in [6, 6.07) is 7.81. The number of nitrogens with one attached hydrogen (secondary N) is 1. The Hall–Kier alpha value is -2.41. The van der Waals surface area contributed by atoms with Gasteiger partial charge in [0.15, 0.2) is 0 Å². The van der Waals surface area contributed by atoms with E-state index in [1.54, 1.807) is 11.9 Å². The predicted octanol–water partition coefficient (Wildman–Crippen LogP) is 3.28. The Bertz CT molecular complexity index is 724. The van der Waals surface area contributed by atoms with Crippen molar-refractivity contribution < 1.29 is 9.21 Å². The van der Waals surface area contributed by atoms with Gasteiger partial charge < -0.3 is 14.6 Å². The molecule has 0 atom stereocenters. The second-order valence-electron chi connectivity index (χ2n) is 6.72. The number of nitrogens with zero attached hydrogens (tertiary/aromatic N) is 4. The van der Waals surface area contributed by atoms with Crippen molar-refractivity contribution in [3.05, 3.63) is 41.6 Å². The molecule has 2 amide bonds. The number of rotatable bonds is 6. The molecule has 3 rings (SSSR count). The maximum Gasteiger partial charge on any atom is 0.322 e. The van der Waals surface area contributed by atoms with Crippen molar-refractivity contribution in [3.63, 3.8) is 0 Å². The predicted molar refractivity (Wildman–Crippen MR) is 99.7 cm³/mol. The quantitative estimate of drug-likeness (QED) is 0.859. The van der Waals surface area contributed by atoms with E-state index in [1.165, 1.54) is 19.3 Å². The summed E-state index contributed by atoms with van der Waals surface area (Å²) in [5.41, 5.74) is 2.00. The molecule has 1 aliphatic rings. The Morgan fingerprint density at radius 2 is 1.92 bits per heavy atom. The first-order valence-electron chi connectivity index (χ1n) is 9.29. The number of piperidine rings is 1. The van der Waals surface area contributed by atoms with Crippen LogP contribution in [0.3, 0.4) is 0 Å². The summed E-state index contributed by atoms with van der Waals surface area (Å²) in [5.74, 6) is 1.03. The van der Waals surface area contributed by atoms with Crippen LogP contribution in [0, 0.1) is 0 Å². The molecule has 0 bridgehead atoms. The number of benzene rings is 1. The van der Waals surface area contributed by atoms with Gasteiger partial charge in [0.05, 0.1) is 0 Å². The Kier molecular flexibility index (Phi) is 6.22. The van der Waals surface area contributed by atoms with Crippen molar-refractivity contribution in [1.82, 2.24) is 20.0 Å². The summed E-state index contributed by atoms with van der Waals surface area (Å²) >= 11 is 0. The molecule has 1 saturated heterocycles. The number of amides is 2. The van der Waals surface area contributed by atoms with Crippen LogP contribution >= 0.6 is 0 Å². The van der Waals surface area contributed by atoms with E-state index in [0.717, 1.165) is 30.9 Å². The fourth-order valence-electron chi connectivity index (χ4n) is 3.12. The molecule has 0 unspecified atom stereocenters. The molecule has 7 nitrogen and oxygen atoms in total. The number of carbonyl (C=O) groups excluding carboxylic acids is 1. The normalized spacial score (nSPS) is 15.0. The van der Waals surface area contributed by atoms with Gasteiger partial charge in [-0.25, -0.2) is 4.79 Å². The number of urea groups is 1. The maximum atomic E-state index is 12.5. The third-order valence-electron chi connectivity index (χ3n) is 4.63. The van der Waals surface area contributed by atoms with Crippen molar-refractivity contribution in [3.8, 4) is 0 Å². The molecule has 0 aliphatic carbocycles. The van der Waals surface area contributed by atoms with E-state index >= 15 is 0 Å². The summed E-state index contributed by atoms with van der Waals surface area (Å²) in [4.78, 5) is 16.5. The van der Waals surface area contributed by atoms with E-state index in [9.17, 15) is 4.79 Å². The van der Waals surface area contributed by atoms with Crippen LogP contribution in [-0.2, 0) is 19.5 Å². The Labute approximate surface area is 154 Å². The summed E-state index contributed by atoms with van der Waals surface area (Å²) in [6.07, 6.45) is 4.50. The lowest BCUT2D eigenvalue weighted by Gasteiger charge is -2.27. The van der Waals surface area contributed by atoms with Crippen molar-refractivity contribution in [2.45, 2.75) is 45.7 Å². The second kappa shape index (κ2) is 8.80. The molecule has 1 aromatic carbocycles. The minimum atomic E-state index is -0.188. The molecule has 140 valence electrons. The highest BCUT2D eigenvalue weighted by molar-refractivity contribution is 5.89. The molecular weight excluding hydrogens is 330 g/mol. The van der Waals surface area contributed by atoms with E-state index in [0.29, 0.717) is 18.2 Å². The Morgan fingerprint density at radius 1 is 1.19 bits per heavy atom. The van der Waals surface area contributed by atoms with Gasteiger partial charge >= 0.3 is 6.03 Å². The minimum absolute atomic E-state index is 0.188. The fraction of sp³-hybridized carbons (Fsp3) is 0.526. The molecule has 1 fully saturated rings. The molecule has 2 aromatic rings. The third-order valence-corrected chi connectivity index (χ3v) is 4.63. The number of aromatic nitrogens is 2. The van der Waals surface area contributed by atoms with E-state index < -0.39 is 0 Å². The molecule has 0 saturated carbocycles. The van der Waals surface area contributed by atoms with Gasteiger partial charge in [0.1, 0.15) is 6.54 Å².